The fourth-order valence-electron chi connectivity index (χ4n) is 3.37. The largest absolute Gasteiger partial charge is 0.487 e. The molecule has 5 rings (SSSR count). The fraction of sp³-hybridized carbons (Fsp3) is 0.0909. The first-order valence-electron chi connectivity index (χ1n) is 10.1. The van der Waals surface area contributed by atoms with Gasteiger partial charge >= 0.3 is 5.69 Å². The Morgan fingerprint density at radius 1 is 1.09 bits per heavy atom. The molecular formula is C22H16ClN7O4. The zero-order valence-electron chi connectivity index (χ0n) is 17.7. The van der Waals surface area contributed by atoms with Crippen molar-refractivity contribution in [2.75, 3.05) is 11.9 Å². The van der Waals surface area contributed by atoms with Crippen LogP contribution in [-0.4, -0.2) is 36.1 Å². The third kappa shape index (κ3) is 4.11. The maximum absolute atomic E-state index is 11.5. The number of aromatic nitrogens is 5. The van der Waals surface area contributed by atoms with Crippen molar-refractivity contribution in [3.05, 3.63) is 76.5 Å². The molecule has 0 saturated heterocycles. The van der Waals surface area contributed by atoms with Gasteiger partial charge in [0.25, 0.3) is 0 Å². The summed E-state index contributed by atoms with van der Waals surface area (Å²) in [5.74, 6) is 1.54. The number of pyridine rings is 1. The lowest BCUT2D eigenvalue weighted by molar-refractivity contribution is -0.385. The normalized spacial score (nSPS) is 11.0. The number of nitro benzene ring substituents is 1. The highest BCUT2D eigenvalue weighted by molar-refractivity contribution is 6.32. The third-order valence-electron chi connectivity index (χ3n) is 4.89. The van der Waals surface area contributed by atoms with Gasteiger partial charge in [0.1, 0.15) is 30.0 Å². The fourth-order valence-corrected chi connectivity index (χ4v) is 3.59. The monoisotopic (exact) mass is 477 g/mol. The molecule has 0 unspecified atom stereocenters. The van der Waals surface area contributed by atoms with Crippen molar-refractivity contribution in [3.63, 3.8) is 0 Å². The molecule has 0 saturated carbocycles. The van der Waals surface area contributed by atoms with Crippen molar-refractivity contribution in [1.82, 2.24) is 24.6 Å². The Hall–Kier alpha value is -4.51. The second-order valence-corrected chi connectivity index (χ2v) is 7.45. The van der Waals surface area contributed by atoms with Gasteiger partial charge in [0.05, 0.1) is 27.5 Å². The summed E-state index contributed by atoms with van der Waals surface area (Å²) in [7, 11) is 0. The highest BCUT2D eigenvalue weighted by Gasteiger charge is 2.19. The number of ether oxygens (including phenoxy) is 2. The van der Waals surface area contributed by atoms with Crippen LogP contribution in [0.4, 0.5) is 17.2 Å². The molecule has 0 amide bonds. The van der Waals surface area contributed by atoms with Crippen molar-refractivity contribution in [1.29, 1.82) is 0 Å². The summed E-state index contributed by atoms with van der Waals surface area (Å²) < 4.78 is 12.9. The Morgan fingerprint density at radius 2 is 1.97 bits per heavy atom. The molecule has 0 atom stereocenters. The van der Waals surface area contributed by atoms with Crippen molar-refractivity contribution in [2.45, 2.75) is 6.92 Å². The van der Waals surface area contributed by atoms with E-state index in [0.717, 1.165) is 0 Å². The number of nitro groups is 1. The SMILES string of the molecule is CCOc1cc2ncnc(Nc3ccc(Oc4ccn5ncnc5c4)c(Cl)c3)c2cc1[N+](=O)[O-]. The topological polar surface area (TPSA) is 130 Å². The van der Waals surface area contributed by atoms with Crippen LogP contribution in [0.3, 0.4) is 0 Å². The summed E-state index contributed by atoms with van der Waals surface area (Å²) >= 11 is 6.45. The third-order valence-corrected chi connectivity index (χ3v) is 5.18. The first-order valence-corrected chi connectivity index (χ1v) is 10.5. The summed E-state index contributed by atoms with van der Waals surface area (Å²) in [6.07, 6.45) is 4.56. The lowest BCUT2D eigenvalue weighted by Crippen LogP contribution is -2.00. The maximum Gasteiger partial charge on any atom is 0.311 e. The lowest BCUT2D eigenvalue weighted by Gasteiger charge is -2.12. The molecule has 0 bridgehead atoms. The Labute approximate surface area is 197 Å². The van der Waals surface area contributed by atoms with Crippen molar-refractivity contribution >= 4 is 45.3 Å². The van der Waals surface area contributed by atoms with Crippen LogP contribution in [-0.2, 0) is 0 Å². The van der Waals surface area contributed by atoms with E-state index in [4.69, 9.17) is 21.1 Å². The van der Waals surface area contributed by atoms with Crippen LogP contribution in [0, 0.1) is 10.1 Å². The van der Waals surface area contributed by atoms with E-state index in [2.05, 4.69) is 25.4 Å². The van der Waals surface area contributed by atoms with E-state index in [0.29, 0.717) is 51.2 Å². The molecule has 12 heteroatoms. The molecule has 2 aromatic carbocycles. The number of fused-ring (bicyclic) bond motifs is 2. The van der Waals surface area contributed by atoms with Crippen LogP contribution in [0.1, 0.15) is 6.92 Å². The molecule has 170 valence electrons. The van der Waals surface area contributed by atoms with Gasteiger partial charge in [-0.15, -0.1) is 0 Å². The molecule has 0 aliphatic heterocycles. The summed E-state index contributed by atoms with van der Waals surface area (Å²) in [6, 6.07) is 11.5. The Kier molecular flexibility index (Phi) is 5.52. The van der Waals surface area contributed by atoms with E-state index in [1.807, 2.05) is 0 Å². The number of hydrogen-bond donors (Lipinski definition) is 1. The van der Waals surface area contributed by atoms with Gasteiger partial charge in [-0.25, -0.2) is 19.5 Å². The average Bonchev–Trinajstić information content (AvgIpc) is 3.29. The van der Waals surface area contributed by atoms with Crippen LogP contribution in [0.5, 0.6) is 17.2 Å². The van der Waals surface area contributed by atoms with Gasteiger partial charge in [-0.2, -0.15) is 5.10 Å². The van der Waals surface area contributed by atoms with Crippen LogP contribution in [0.15, 0.2) is 61.3 Å². The Morgan fingerprint density at radius 3 is 2.76 bits per heavy atom. The zero-order chi connectivity index (χ0) is 23.7. The molecule has 34 heavy (non-hydrogen) atoms. The summed E-state index contributed by atoms with van der Waals surface area (Å²) in [6.45, 7) is 2.05. The quantitative estimate of drug-likeness (QED) is 0.249. The number of hydrogen-bond acceptors (Lipinski definition) is 9. The zero-order valence-corrected chi connectivity index (χ0v) is 18.4. The number of anilines is 2. The highest BCUT2D eigenvalue weighted by atomic mass is 35.5. The van der Waals surface area contributed by atoms with Gasteiger partial charge in [0.2, 0.25) is 0 Å². The van der Waals surface area contributed by atoms with Crippen LogP contribution >= 0.6 is 11.6 Å². The lowest BCUT2D eigenvalue weighted by atomic mass is 10.2. The number of nitrogens with zero attached hydrogens (tertiary/aromatic N) is 6. The number of halogens is 1. The Bertz CT molecular complexity index is 1540. The molecule has 3 aromatic heterocycles. The standard InChI is InChI=1S/C22H16ClN7O4/c1-2-33-20-10-17-15(9-18(20)30(31)32)22(26-11-24-17)28-13-3-4-19(16(23)7-13)34-14-5-6-29-21(8-14)25-12-27-29/h3-12H,2H2,1H3,(H,24,26,28). The van der Waals surface area contributed by atoms with E-state index >= 15 is 0 Å². The summed E-state index contributed by atoms with van der Waals surface area (Å²) in [5.41, 5.74) is 1.59. The van der Waals surface area contributed by atoms with Crippen LogP contribution < -0.4 is 14.8 Å². The van der Waals surface area contributed by atoms with Crippen LogP contribution in [0.25, 0.3) is 16.6 Å². The Balaban J connectivity index is 1.43. The minimum atomic E-state index is -0.499. The predicted octanol–water partition coefficient (Wildman–Crippen LogP) is 5.17. The number of rotatable bonds is 7. The number of nitrogens with one attached hydrogen (secondary N) is 1. The second kappa shape index (κ2) is 8.79. The molecule has 3 heterocycles. The molecule has 0 radical (unpaired) electrons. The minimum Gasteiger partial charge on any atom is -0.487 e. The number of benzene rings is 2. The van der Waals surface area contributed by atoms with Gasteiger partial charge in [0, 0.05) is 30.1 Å². The molecular weight excluding hydrogens is 462 g/mol. The molecule has 0 aliphatic carbocycles. The van der Waals surface area contributed by atoms with Gasteiger partial charge in [-0.1, -0.05) is 11.6 Å². The van der Waals surface area contributed by atoms with Crippen LogP contribution in [0.2, 0.25) is 5.02 Å². The smallest absolute Gasteiger partial charge is 0.311 e. The summed E-state index contributed by atoms with van der Waals surface area (Å²) in [5, 5.41) is 19.5. The highest BCUT2D eigenvalue weighted by Crippen LogP contribution is 2.36. The van der Waals surface area contributed by atoms with Gasteiger partial charge < -0.3 is 14.8 Å². The van der Waals surface area contributed by atoms with E-state index in [-0.39, 0.29) is 11.4 Å². The predicted molar refractivity (Wildman–Crippen MR) is 125 cm³/mol. The first kappa shape index (κ1) is 21.3. The molecule has 0 fully saturated rings. The van der Waals surface area contributed by atoms with E-state index < -0.39 is 4.92 Å². The van der Waals surface area contributed by atoms with Gasteiger partial charge in [0.15, 0.2) is 11.4 Å². The maximum atomic E-state index is 11.5. The van der Waals surface area contributed by atoms with Gasteiger partial charge in [-0.3, -0.25) is 10.1 Å². The first-order chi connectivity index (χ1) is 16.5. The second-order valence-electron chi connectivity index (χ2n) is 7.05. The molecule has 5 aromatic rings. The minimum absolute atomic E-state index is 0.151. The van der Waals surface area contributed by atoms with Gasteiger partial charge in [-0.05, 0) is 31.2 Å². The molecule has 1 N–H and O–H groups in total. The molecule has 0 spiro atoms. The van der Waals surface area contributed by atoms with E-state index in [1.54, 1.807) is 48.0 Å². The van der Waals surface area contributed by atoms with Crippen molar-refractivity contribution < 1.29 is 14.4 Å². The van der Waals surface area contributed by atoms with Crippen molar-refractivity contribution in [2.24, 2.45) is 0 Å². The molecule has 11 nitrogen and oxygen atoms in total. The van der Waals surface area contributed by atoms with E-state index in [1.165, 1.54) is 24.8 Å². The van der Waals surface area contributed by atoms with E-state index in [9.17, 15) is 10.1 Å². The summed E-state index contributed by atoms with van der Waals surface area (Å²) in [4.78, 5) is 23.6. The molecule has 0 aliphatic rings. The average molecular weight is 478 g/mol. The van der Waals surface area contributed by atoms with Crippen molar-refractivity contribution in [3.8, 4) is 17.2 Å².